The Kier molecular flexibility index (Phi) is 3.08. The van der Waals surface area contributed by atoms with Crippen LogP contribution in [0, 0.1) is 0 Å². The van der Waals surface area contributed by atoms with E-state index in [1.54, 1.807) is 6.92 Å². The second-order valence-electron chi connectivity index (χ2n) is 2.28. The van der Waals surface area contributed by atoms with Crippen molar-refractivity contribution in [2.45, 2.75) is 6.92 Å². The molecular formula is C8H8ClNO3. The summed E-state index contributed by atoms with van der Waals surface area (Å²) in [5, 5.41) is 0.0993. The van der Waals surface area contributed by atoms with Crippen LogP contribution < -0.4 is 5.56 Å². The molecule has 0 spiro atoms. The van der Waals surface area contributed by atoms with E-state index in [-0.39, 0.29) is 22.8 Å². The number of pyridine rings is 1. The van der Waals surface area contributed by atoms with Crippen LogP contribution in [0.1, 0.15) is 17.3 Å². The van der Waals surface area contributed by atoms with E-state index >= 15 is 0 Å². The fourth-order valence-corrected chi connectivity index (χ4v) is 1.04. The summed E-state index contributed by atoms with van der Waals surface area (Å²) in [5.74, 6) is -0.538. The number of rotatable bonds is 2. The van der Waals surface area contributed by atoms with Crippen molar-refractivity contribution in [3.8, 4) is 0 Å². The number of carbonyl (C=O) groups is 1. The van der Waals surface area contributed by atoms with Gasteiger partial charge in [-0.25, -0.2) is 4.79 Å². The van der Waals surface area contributed by atoms with Gasteiger partial charge in [-0.2, -0.15) is 0 Å². The van der Waals surface area contributed by atoms with Crippen molar-refractivity contribution >= 4 is 17.6 Å². The van der Waals surface area contributed by atoms with Crippen LogP contribution in [0.4, 0.5) is 0 Å². The lowest BCUT2D eigenvalue weighted by molar-refractivity contribution is 0.0526. The highest BCUT2D eigenvalue weighted by molar-refractivity contribution is 6.33. The average molecular weight is 202 g/mol. The summed E-state index contributed by atoms with van der Waals surface area (Å²) in [6.45, 7) is 1.96. The lowest BCUT2D eigenvalue weighted by atomic mass is 10.3. The Balaban J connectivity index is 3.02. The number of esters is 1. The molecule has 0 saturated heterocycles. The highest BCUT2D eigenvalue weighted by atomic mass is 35.5. The van der Waals surface area contributed by atoms with Crippen LogP contribution in [0.3, 0.4) is 0 Å². The summed E-state index contributed by atoms with van der Waals surface area (Å²) in [6.07, 6.45) is 1.24. The predicted octanol–water partition coefficient (Wildman–Crippen LogP) is 1.21. The Bertz CT molecular complexity index is 372. The maximum atomic E-state index is 11.1. The Morgan fingerprint density at radius 2 is 2.38 bits per heavy atom. The normalized spacial score (nSPS) is 9.69. The van der Waals surface area contributed by atoms with Crippen molar-refractivity contribution in [2.24, 2.45) is 0 Å². The number of halogens is 1. The smallest absolute Gasteiger partial charge is 0.341 e. The van der Waals surface area contributed by atoms with E-state index in [4.69, 9.17) is 16.3 Å². The number of carbonyl (C=O) groups excluding carboxylic acids is 1. The molecule has 0 aliphatic heterocycles. The third kappa shape index (κ3) is 2.32. The summed E-state index contributed by atoms with van der Waals surface area (Å²) in [6, 6.07) is 1.13. The molecule has 13 heavy (non-hydrogen) atoms. The summed E-state index contributed by atoms with van der Waals surface area (Å²) in [4.78, 5) is 24.2. The lowest BCUT2D eigenvalue weighted by Crippen LogP contribution is -2.10. The van der Waals surface area contributed by atoms with Gasteiger partial charge < -0.3 is 9.72 Å². The van der Waals surface area contributed by atoms with Crippen LogP contribution in [-0.4, -0.2) is 17.6 Å². The SMILES string of the molecule is CCOC(=O)c1c[nH]c(=O)cc1Cl. The molecule has 5 heteroatoms. The van der Waals surface area contributed by atoms with Crippen molar-refractivity contribution in [1.29, 1.82) is 0 Å². The van der Waals surface area contributed by atoms with E-state index in [0.29, 0.717) is 0 Å². The average Bonchev–Trinajstić information content (AvgIpc) is 2.04. The summed E-state index contributed by atoms with van der Waals surface area (Å²) < 4.78 is 4.70. The van der Waals surface area contributed by atoms with Gasteiger partial charge in [-0.3, -0.25) is 4.79 Å². The maximum absolute atomic E-state index is 11.1. The Hall–Kier alpha value is -1.29. The number of nitrogens with one attached hydrogen (secondary N) is 1. The van der Waals surface area contributed by atoms with E-state index in [1.165, 1.54) is 6.20 Å². The van der Waals surface area contributed by atoms with Gasteiger partial charge in [-0.05, 0) is 6.92 Å². The molecule has 0 aliphatic rings. The standard InChI is InChI=1S/C8H8ClNO3/c1-2-13-8(12)5-4-10-7(11)3-6(5)9/h3-4H,2H2,1H3,(H,10,11). The second kappa shape index (κ2) is 4.09. The molecule has 1 aromatic rings. The van der Waals surface area contributed by atoms with E-state index in [2.05, 4.69) is 4.98 Å². The molecule has 0 bridgehead atoms. The van der Waals surface area contributed by atoms with Gasteiger partial charge in [-0.15, -0.1) is 0 Å². The summed E-state index contributed by atoms with van der Waals surface area (Å²) in [7, 11) is 0. The Labute approximate surface area is 79.5 Å². The molecule has 1 heterocycles. The minimum Gasteiger partial charge on any atom is -0.462 e. The molecule has 0 aliphatic carbocycles. The van der Waals surface area contributed by atoms with Crippen LogP contribution >= 0.6 is 11.6 Å². The van der Waals surface area contributed by atoms with E-state index < -0.39 is 5.97 Å². The fourth-order valence-electron chi connectivity index (χ4n) is 0.812. The van der Waals surface area contributed by atoms with Crippen molar-refractivity contribution in [1.82, 2.24) is 4.98 Å². The third-order valence-electron chi connectivity index (χ3n) is 1.37. The number of hydrogen-bond donors (Lipinski definition) is 1. The van der Waals surface area contributed by atoms with Gasteiger partial charge >= 0.3 is 5.97 Å². The minimum atomic E-state index is -0.538. The van der Waals surface area contributed by atoms with Gasteiger partial charge in [0, 0.05) is 12.3 Å². The molecule has 0 unspecified atom stereocenters. The van der Waals surface area contributed by atoms with E-state index in [9.17, 15) is 9.59 Å². The monoisotopic (exact) mass is 201 g/mol. The van der Waals surface area contributed by atoms with Gasteiger partial charge in [-0.1, -0.05) is 11.6 Å². The van der Waals surface area contributed by atoms with Crippen LogP contribution in [-0.2, 0) is 4.74 Å². The molecule has 70 valence electrons. The van der Waals surface area contributed by atoms with E-state index in [0.717, 1.165) is 6.07 Å². The lowest BCUT2D eigenvalue weighted by Gasteiger charge is -2.01. The molecular weight excluding hydrogens is 194 g/mol. The molecule has 0 amide bonds. The van der Waals surface area contributed by atoms with E-state index in [1.807, 2.05) is 0 Å². The zero-order chi connectivity index (χ0) is 9.84. The molecule has 1 N–H and O–H groups in total. The molecule has 0 saturated carbocycles. The molecule has 1 rings (SSSR count). The number of aromatic amines is 1. The number of hydrogen-bond acceptors (Lipinski definition) is 3. The highest BCUT2D eigenvalue weighted by Crippen LogP contribution is 2.12. The van der Waals surface area contributed by atoms with Gasteiger partial charge in [0.05, 0.1) is 17.2 Å². The number of ether oxygens (including phenoxy) is 1. The van der Waals surface area contributed by atoms with Crippen LogP contribution in [0.15, 0.2) is 17.1 Å². The first-order valence-electron chi connectivity index (χ1n) is 3.70. The quantitative estimate of drug-likeness (QED) is 0.732. The molecule has 0 fully saturated rings. The molecule has 0 atom stereocenters. The van der Waals surface area contributed by atoms with Crippen LogP contribution in [0.5, 0.6) is 0 Å². The van der Waals surface area contributed by atoms with Gasteiger partial charge in [0.15, 0.2) is 0 Å². The van der Waals surface area contributed by atoms with Crippen molar-refractivity contribution in [2.75, 3.05) is 6.61 Å². The topological polar surface area (TPSA) is 59.2 Å². The Morgan fingerprint density at radius 3 is 2.92 bits per heavy atom. The first-order valence-corrected chi connectivity index (χ1v) is 4.08. The van der Waals surface area contributed by atoms with Crippen LogP contribution in [0.2, 0.25) is 5.02 Å². The highest BCUT2D eigenvalue weighted by Gasteiger charge is 2.10. The zero-order valence-electron chi connectivity index (χ0n) is 6.96. The molecule has 0 radical (unpaired) electrons. The number of aromatic nitrogens is 1. The van der Waals surface area contributed by atoms with Gasteiger partial charge in [0.1, 0.15) is 0 Å². The van der Waals surface area contributed by atoms with Crippen molar-refractivity contribution in [3.63, 3.8) is 0 Å². The largest absolute Gasteiger partial charge is 0.462 e. The Morgan fingerprint density at radius 1 is 1.69 bits per heavy atom. The maximum Gasteiger partial charge on any atom is 0.341 e. The molecule has 4 nitrogen and oxygen atoms in total. The summed E-state index contributed by atoms with van der Waals surface area (Å²) >= 11 is 5.64. The number of H-pyrrole nitrogens is 1. The first-order chi connectivity index (χ1) is 6.15. The zero-order valence-corrected chi connectivity index (χ0v) is 7.72. The first kappa shape index (κ1) is 9.80. The fraction of sp³-hybridized carbons (Fsp3) is 0.250. The third-order valence-corrected chi connectivity index (χ3v) is 1.68. The molecule has 1 aromatic heterocycles. The van der Waals surface area contributed by atoms with Crippen LogP contribution in [0.25, 0.3) is 0 Å². The van der Waals surface area contributed by atoms with Gasteiger partial charge in [0.25, 0.3) is 0 Å². The predicted molar refractivity (Wildman–Crippen MR) is 48.0 cm³/mol. The van der Waals surface area contributed by atoms with Gasteiger partial charge in [0.2, 0.25) is 5.56 Å². The second-order valence-corrected chi connectivity index (χ2v) is 2.69. The summed E-state index contributed by atoms with van der Waals surface area (Å²) in [5.41, 5.74) is -0.179. The van der Waals surface area contributed by atoms with Crippen molar-refractivity contribution in [3.05, 3.63) is 33.2 Å². The van der Waals surface area contributed by atoms with Crippen molar-refractivity contribution < 1.29 is 9.53 Å². The minimum absolute atomic E-state index is 0.0993. The molecule has 0 aromatic carbocycles.